The van der Waals surface area contributed by atoms with Gasteiger partial charge >= 0.3 is 0 Å². The van der Waals surface area contributed by atoms with Gasteiger partial charge in [-0.25, -0.2) is 4.99 Å². The van der Waals surface area contributed by atoms with Gasteiger partial charge in [0.25, 0.3) is 0 Å². The van der Waals surface area contributed by atoms with Crippen LogP contribution in [0.2, 0.25) is 0 Å². The maximum absolute atomic E-state index is 10.7. The molecule has 2 aromatic rings. The van der Waals surface area contributed by atoms with Gasteiger partial charge in [-0.2, -0.15) is 11.3 Å². The number of halogens is 1. The molecular formula is C24H37IN4O2S. The predicted molar refractivity (Wildman–Crippen MR) is 144 cm³/mol. The van der Waals surface area contributed by atoms with Crippen LogP contribution in [0.5, 0.6) is 0 Å². The van der Waals surface area contributed by atoms with E-state index in [-0.39, 0.29) is 36.2 Å². The van der Waals surface area contributed by atoms with Gasteiger partial charge in [0.05, 0.1) is 25.3 Å². The van der Waals surface area contributed by atoms with Crippen LogP contribution in [0.4, 0.5) is 0 Å². The van der Waals surface area contributed by atoms with Crippen LogP contribution in [0.3, 0.4) is 0 Å². The molecule has 0 bridgehead atoms. The monoisotopic (exact) mass is 572 g/mol. The fourth-order valence-electron chi connectivity index (χ4n) is 3.86. The lowest BCUT2D eigenvalue weighted by Gasteiger charge is -2.35. The van der Waals surface area contributed by atoms with Crippen molar-refractivity contribution in [3.05, 3.63) is 57.8 Å². The number of ether oxygens (including phenoxy) is 1. The molecule has 3 N–H and O–H groups in total. The molecule has 32 heavy (non-hydrogen) atoms. The van der Waals surface area contributed by atoms with Gasteiger partial charge in [0.2, 0.25) is 0 Å². The van der Waals surface area contributed by atoms with Crippen LogP contribution < -0.4 is 10.6 Å². The van der Waals surface area contributed by atoms with Crippen molar-refractivity contribution in [2.24, 2.45) is 4.99 Å². The number of hydrogen-bond donors (Lipinski definition) is 3. The van der Waals surface area contributed by atoms with Crippen LogP contribution in [-0.4, -0.2) is 54.4 Å². The Morgan fingerprint density at radius 1 is 1.16 bits per heavy atom. The molecule has 3 atom stereocenters. The van der Waals surface area contributed by atoms with E-state index >= 15 is 0 Å². The van der Waals surface area contributed by atoms with Crippen LogP contribution in [0, 0.1) is 0 Å². The number of rotatable bonds is 8. The SMILES string of the molecule is CCNC(=NCc1ccc(CN2CC(C)OC(C)C2)cc1)NCC(C)(O)c1ccsc1.I. The molecule has 8 heteroatoms. The lowest BCUT2D eigenvalue weighted by Crippen LogP contribution is -2.44. The van der Waals surface area contributed by atoms with Gasteiger partial charge < -0.3 is 20.5 Å². The summed E-state index contributed by atoms with van der Waals surface area (Å²) in [6.45, 7) is 12.8. The van der Waals surface area contributed by atoms with Crippen molar-refractivity contribution in [1.29, 1.82) is 0 Å². The maximum Gasteiger partial charge on any atom is 0.191 e. The Balaban J connectivity index is 0.00000363. The number of aliphatic imine (C=N–C) groups is 1. The zero-order chi connectivity index (χ0) is 22.3. The molecule has 1 fully saturated rings. The first-order chi connectivity index (χ1) is 14.9. The summed E-state index contributed by atoms with van der Waals surface area (Å²) < 4.78 is 5.83. The summed E-state index contributed by atoms with van der Waals surface area (Å²) in [6.07, 6.45) is 0.574. The first-order valence-electron chi connectivity index (χ1n) is 11.1. The van der Waals surface area contributed by atoms with Gasteiger partial charge in [-0.1, -0.05) is 24.3 Å². The predicted octanol–water partition coefficient (Wildman–Crippen LogP) is 3.94. The molecule has 2 heterocycles. The standard InChI is InChI=1S/C24H36N4O2S.HI/c1-5-25-23(27-17-24(4,29)22-10-11-31-16-22)26-12-20-6-8-21(9-7-20)15-28-13-18(2)30-19(3)14-28;/h6-11,16,18-19,29H,5,12-15,17H2,1-4H3,(H2,25,26,27);1H. The molecule has 1 aliphatic rings. The van der Waals surface area contributed by atoms with E-state index in [1.807, 2.05) is 30.7 Å². The molecule has 1 aromatic heterocycles. The number of hydrogen-bond acceptors (Lipinski definition) is 5. The third-order valence-corrected chi connectivity index (χ3v) is 6.11. The quantitative estimate of drug-likeness (QED) is 0.254. The molecule has 3 rings (SSSR count). The zero-order valence-corrected chi connectivity index (χ0v) is 22.7. The van der Waals surface area contributed by atoms with Gasteiger partial charge in [-0.05, 0) is 61.2 Å². The van der Waals surface area contributed by atoms with E-state index < -0.39 is 5.60 Å². The molecule has 3 unspecified atom stereocenters. The lowest BCUT2D eigenvalue weighted by molar-refractivity contribution is -0.0704. The highest BCUT2D eigenvalue weighted by molar-refractivity contribution is 14.0. The molecule has 0 spiro atoms. The van der Waals surface area contributed by atoms with Crippen molar-refractivity contribution >= 4 is 41.3 Å². The van der Waals surface area contributed by atoms with E-state index in [0.29, 0.717) is 19.0 Å². The molecule has 0 saturated carbocycles. The first-order valence-corrected chi connectivity index (χ1v) is 12.0. The van der Waals surface area contributed by atoms with Crippen LogP contribution in [-0.2, 0) is 23.4 Å². The third kappa shape index (κ3) is 8.30. The van der Waals surface area contributed by atoms with E-state index in [2.05, 4.69) is 53.6 Å². The number of benzene rings is 1. The second kappa shape index (κ2) is 12.9. The minimum Gasteiger partial charge on any atom is -0.384 e. The summed E-state index contributed by atoms with van der Waals surface area (Å²) in [4.78, 5) is 7.15. The summed E-state index contributed by atoms with van der Waals surface area (Å²) in [5.74, 6) is 0.707. The van der Waals surface area contributed by atoms with E-state index in [0.717, 1.165) is 37.3 Å². The lowest BCUT2D eigenvalue weighted by atomic mass is 9.99. The Morgan fingerprint density at radius 3 is 2.41 bits per heavy atom. The summed E-state index contributed by atoms with van der Waals surface area (Å²) in [5, 5.41) is 21.2. The Kier molecular flexibility index (Phi) is 10.9. The highest BCUT2D eigenvalue weighted by Gasteiger charge is 2.24. The Bertz CT molecular complexity index is 817. The van der Waals surface area contributed by atoms with Crippen LogP contribution in [0.1, 0.15) is 44.4 Å². The minimum absolute atomic E-state index is 0. The summed E-state index contributed by atoms with van der Waals surface area (Å²) in [7, 11) is 0. The molecule has 178 valence electrons. The Hall–Kier alpha value is -1.20. The summed E-state index contributed by atoms with van der Waals surface area (Å²) in [6, 6.07) is 10.6. The van der Waals surface area contributed by atoms with E-state index in [9.17, 15) is 5.11 Å². The molecule has 0 amide bonds. The molecule has 1 aliphatic heterocycles. The van der Waals surface area contributed by atoms with Crippen LogP contribution >= 0.6 is 35.3 Å². The second-order valence-corrected chi connectivity index (χ2v) is 9.38. The topological polar surface area (TPSA) is 69.1 Å². The number of morpholine rings is 1. The number of nitrogens with one attached hydrogen (secondary N) is 2. The molecular weight excluding hydrogens is 535 g/mol. The number of nitrogens with zero attached hydrogens (tertiary/aromatic N) is 2. The van der Waals surface area contributed by atoms with Crippen molar-refractivity contribution in [2.75, 3.05) is 26.2 Å². The van der Waals surface area contributed by atoms with Gasteiger partial charge in [0, 0.05) is 26.2 Å². The molecule has 6 nitrogen and oxygen atoms in total. The zero-order valence-electron chi connectivity index (χ0n) is 19.5. The van der Waals surface area contributed by atoms with Crippen LogP contribution in [0.15, 0.2) is 46.1 Å². The average molecular weight is 573 g/mol. The maximum atomic E-state index is 10.7. The molecule has 0 radical (unpaired) electrons. The fourth-order valence-corrected chi connectivity index (χ4v) is 4.65. The Labute approximate surface area is 213 Å². The Morgan fingerprint density at radius 2 is 1.81 bits per heavy atom. The van der Waals surface area contributed by atoms with E-state index in [1.54, 1.807) is 11.3 Å². The van der Waals surface area contributed by atoms with Crippen molar-refractivity contribution in [3.8, 4) is 0 Å². The van der Waals surface area contributed by atoms with Crippen molar-refractivity contribution in [3.63, 3.8) is 0 Å². The van der Waals surface area contributed by atoms with Gasteiger partial charge in [0.1, 0.15) is 5.60 Å². The minimum atomic E-state index is -0.938. The molecule has 0 aliphatic carbocycles. The smallest absolute Gasteiger partial charge is 0.191 e. The molecule has 1 aromatic carbocycles. The number of aliphatic hydroxyl groups is 1. The summed E-state index contributed by atoms with van der Waals surface area (Å²) >= 11 is 1.59. The normalized spacial score (nSPS) is 21.5. The average Bonchev–Trinajstić information content (AvgIpc) is 3.26. The largest absolute Gasteiger partial charge is 0.384 e. The number of guanidine groups is 1. The van der Waals surface area contributed by atoms with Crippen LogP contribution in [0.25, 0.3) is 0 Å². The fraction of sp³-hybridized carbons (Fsp3) is 0.542. The first kappa shape index (κ1) is 27.0. The summed E-state index contributed by atoms with van der Waals surface area (Å²) in [5.41, 5.74) is 2.45. The van der Waals surface area contributed by atoms with Crippen molar-refractivity contribution < 1.29 is 9.84 Å². The van der Waals surface area contributed by atoms with Gasteiger partial charge in [0.15, 0.2) is 5.96 Å². The number of thiophene rings is 1. The van der Waals surface area contributed by atoms with Gasteiger partial charge in [-0.15, -0.1) is 24.0 Å². The molecule has 1 saturated heterocycles. The second-order valence-electron chi connectivity index (χ2n) is 8.60. The van der Waals surface area contributed by atoms with E-state index in [1.165, 1.54) is 5.56 Å². The van der Waals surface area contributed by atoms with E-state index in [4.69, 9.17) is 9.73 Å². The van der Waals surface area contributed by atoms with Crippen molar-refractivity contribution in [2.45, 2.75) is 58.6 Å². The van der Waals surface area contributed by atoms with Crippen molar-refractivity contribution in [1.82, 2.24) is 15.5 Å². The van der Waals surface area contributed by atoms with Gasteiger partial charge in [-0.3, -0.25) is 4.90 Å². The highest BCUT2D eigenvalue weighted by Crippen LogP contribution is 2.22. The highest BCUT2D eigenvalue weighted by atomic mass is 127. The third-order valence-electron chi connectivity index (χ3n) is 5.43.